The molecule has 0 N–H and O–H groups in total. The van der Waals surface area contributed by atoms with E-state index >= 15 is 4.39 Å². The molecule has 0 atom stereocenters. The lowest BCUT2D eigenvalue weighted by molar-refractivity contribution is 0.155. The van der Waals surface area contributed by atoms with Gasteiger partial charge in [-0.05, 0) is 116 Å². The van der Waals surface area contributed by atoms with E-state index in [4.69, 9.17) is 0 Å². The Hall–Kier alpha value is -2.81. The average molecular weight is 601 g/mol. The van der Waals surface area contributed by atoms with Gasteiger partial charge in [-0.15, -0.1) is 6.58 Å². The van der Waals surface area contributed by atoms with Gasteiger partial charge in [-0.3, -0.25) is 0 Å². The fourth-order valence-electron chi connectivity index (χ4n) is 8.01. The van der Waals surface area contributed by atoms with Gasteiger partial charge in [0.2, 0.25) is 0 Å². The number of rotatable bonds is 13. The van der Waals surface area contributed by atoms with Gasteiger partial charge in [0, 0.05) is 11.1 Å². The average Bonchev–Trinajstić information content (AvgIpc) is 3.06. The van der Waals surface area contributed by atoms with Crippen LogP contribution < -0.4 is 0 Å². The summed E-state index contributed by atoms with van der Waals surface area (Å²) in [6.45, 7) is 5.99. The second kappa shape index (κ2) is 16.0. The van der Waals surface area contributed by atoms with E-state index in [0.717, 1.165) is 61.0 Å². The minimum absolute atomic E-state index is 0.211. The lowest BCUT2D eigenvalue weighted by Crippen LogP contribution is -2.25. The van der Waals surface area contributed by atoms with Crippen LogP contribution in [0.1, 0.15) is 120 Å². The maximum absolute atomic E-state index is 15.4. The van der Waals surface area contributed by atoms with Gasteiger partial charge in [-0.25, -0.2) is 13.2 Å². The number of hydrogen-bond acceptors (Lipinski definition) is 0. The highest BCUT2D eigenvalue weighted by molar-refractivity contribution is 5.71. The van der Waals surface area contributed by atoms with E-state index in [-0.39, 0.29) is 11.4 Å². The Labute approximate surface area is 264 Å². The number of halogens is 3. The summed E-state index contributed by atoms with van der Waals surface area (Å²) in [4.78, 5) is 0. The fraction of sp³-hybridized carbons (Fsp3) is 0.512. The van der Waals surface area contributed by atoms with Gasteiger partial charge >= 0.3 is 0 Å². The van der Waals surface area contributed by atoms with Crippen LogP contribution in [-0.4, -0.2) is 0 Å². The van der Waals surface area contributed by atoms with Crippen molar-refractivity contribution < 1.29 is 13.2 Å². The van der Waals surface area contributed by atoms with Gasteiger partial charge in [0.05, 0.1) is 0 Å². The smallest absolute Gasteiger partial charge is 0.166 e. The molecule has 0 amide bonds. The quantitative estimate of drug-likeness (QED) is 0.135. The zero-order valence-corrected chi connectivity index (χ0v) is 26.7. The molecule has 44 heavy (non-hydrogen) atoms. The molecule has 0 bridgehead atoms. The largest absolute Gasteiger partial charge is 0.206 e. The van der Waals surface area contributed by atoms with Crippen molar-refractivity contribution in [1.82, 2.24) is 0 Å². The third-order valence-corrected chi connectivity index (χ3v) is 10.8. The SMILES string of the molecule is C=CCCCCc1ccc(-c2ccc(-c3ccc(C4CCC(C5CCC(CCCCC)CC5)CC4)cc3F)cc2)c(F)c1F. The van der Waals surface area contributed by atoms with Crippen LogP contribution in [0.3, 0.4) is 0 Å². The topological polar surface area (TPSA) is 0 Å². The van der Waals surface area contributed by atoms with E-state index in [0.29, 0.717) is 29.0 Å². The minimum Gasteiger partial charge on any atom is -0.206 e. The van der Waals surface area contributed by atoms with E-state index in [1.54, 1.807) is 42.5 Å². The number of allylic oxidation sites excluding steroid dienone is 1. The lowest BCUT2D eigenvalue weighted by Gasteiger charge is -2.38. The standard InChI is InChI=1S/C41H51F3/c1-3-5-7-9-11-35-24-27-38(41(44)40(35)43)34-22-20-33(21-23-34)37-26-25-36(28-39(37)42)32-18-16-31(17-19-32)30-14-12-29(13-15-30)10-8-6-4-2/h3,20-32H,1,4-19H2,2H3. The van der Waals surface area contributed by atoms with E-state index < -0.39 is 11.6 Å². The molecule has 0 unspecified atom stereocenters. The molecule has 0 spiro atoms. The van der Waals surface area contributed by atoms with Crippen LogP contribution in [0.25, 0.3) is 22.3 Å². The first-order valence-corrected chi connectivity index (χ1v) is 17.5. The molecular weight excluding hydrogens is 549 g/mol. The minimum atomic E-state index is -0.820. The van der Waals surface area contributed by atoms with Crippen molar-refractivity contribution in [2.75, 3.05) is 0 Å². The van der Waals surface area contributed by atoms with Gasteiger partial charge in [0.25, 0.3) is 0 Å². The highest BCUT2D eigenvalue weighted by Gasteiger charge is 2.31. The monoisotopic (exact) mass is 600 g/mol. The van der Waals surface area contributed by atoms with E-state index in [9.17, 15) is 8.78 Å². The van der Waals surface area contributed by atoms with Crippen LogP contribution in [0.4, 0.5) is 13.2 Å². The first-order chi connectivity index (χ1) is 21.5. The molecule has 2 aliphatic rings. The van der Waals surface area contributed by atoms with Crippen LogP contribution in [0, 0.1) is 35.2 Å². The van der Waals surface area contributed by atoms with Crippen molar-refractivity contribution in [2.24, 2.45) is 17.8 Å². The molecule has 0 aromatic heterocycles. The van der Waals surface area contributed by atoms with Crippen molar-refractivity contribution in [3.05, 3.63) is 95.8 Å². The first kappa shape index (κ1) is 32.6. The summed E-state index contributed by atoms with van der Waals surface area (Å²) in [7, 11) is 0. The molecule has 2 fully saturated rings. The van der Waals surface area contributed by atoms with Crippen LogP contribution in [-0.2, 0) is 6.42 Å². The molecule has 2 aliphatic carbocycles. The van der Waals surface area contributed by atoms with Crippen molar-refractivity contribution in [2.45, 2.75) is 116 Å². The van der Waals surface area contributed by atoms with Gasteiger partial charge < -0.3 is 0 Å². The molecule has 0 saturated heterocycles. The molecule has 5 rings (SSSR count). The number of hydrogen-bond donors (Lipinski definition) is 0. The summed E-state index contributed by atoms with van der Waals surface area (Å²) in [5.41, 5.74) is 3.63. The number of benzene rings is 3. The third kappa shape index (κ3) is 8.06. The Kier molecular flexibility index (Phi) is 11.8. The Morgan fingerprint density at radius 3 is 1.95 bits per heavy atom. The third-order valence-electron chi connectivity index (χ3n) is 10.8. The summed E-state index contributed by atoms with van der Waals surface area (Å²) in [6.07, 6.45) is 21.0. The van der Waals surface area contributed by atoms with E-state index in [2.05, 4.69) is 19.6 Å². The molecule has 3 aromatic rings. The van der Waals surface area contributed by atoms with E-state index in [1.807, 2.05) is 12.1 Å². The number of unbranched alkanes of at least 4 members (excludes halogenated alkanes) is 4. The highest BCUT2D eigenvalue weighted by atomic mass is 19.2. The zero-order chi connectivity index (χ0) is 30.9. The van der Waals surface area contributed by atoms with Crippen LogP contribution >= 0.6 is 0 Å². The lowest BCUT2D eigenvalue weighted by atomic mass is 9.68. The summed E-state index contributed by atoms with van der Waals surface area (Å²) in [5, 5.41) is 0. The summed E-state index contributed by atoms with van der Waals surface area (Å²) < 4.78 is 45.2. The zero-order valence-electron chi connectivity index (χ0n) is 26.7. The summed E-state index contributed by atoms with van der Waals surface area (Å²) in [5.74, 6) is 1.34. The summed E-state index contributed by atoms with van der Waals surface area (Å²) in [6, 6.07) is 16.2. The van der Waals surface area contributed by atoms with Gasteiger partial charge in [0.15, 0.2) is 11.6 Å². The number of aryl methyl sites for hydroxylation is 1. The maximum Gasteiger partial charge on any atom is 0.166 e. The fourth-order valence-corrected chi connectivity index (χ4v) is 8.01. The first-order valence-electron chi connectivity index (χ1n) is 17.5. The van der Waals surface area contributed by atoms with Crippen molar-refractivity contribution in [3.8, 4) is 22.3 Å². The normalized spacial score (nSPS) is 22.2. The second-order valence-corrected chi connectivity index (χ2v) is 13.6. The Balaban J connectivity index is 1.16. The van der Waals surface area contributed by atoms with Gasteiger partial charge in [-0.1, -0.05) is 100 Å². The van der Waals surface area contributed by atoms with Gasteiger partial charge in [-0.2, -0.15) is 0 Å². The molecule has 3 heteroatoms. The van der Waals surface area contributed by atoms with Crippen LogP contribution in [0.15, 0.2) is 67.3 Å². The molecule has 3 aromatic carbocycles. The molecule has 0 nitrogen and oxygen atoms in total. The second-order valence-electron chi connectivity index (χ2n) is 13.6. The molecule has 0 aliphatic heterocycles. The molecule has 0 heterocycles. The Bertz CT molecular complexity index is 1340. The van der Waals surface area contributed by atoms with Crippen molar-refractivity contribution in [1.29, 1.82) is 0 Å². The highest BCUT2D eigenvalue weighted by Crippen LogP contribution is 2.45. The van der Waals surface area contributed by atoms with Crippen LogP contribution in [0.5, 0.6) is 0 Å². The molecule has 0 radical (unpaired) electrons. The van der Waals surface area contributed by atoms with Crippen molar-refractivity contribution >= 4 is 0 Å². The Morgan fingerprint density at radius 2 is 1.32 bits per heavy atom. The maximum atomic E-state index is 15.4. The van der Waals surface area contributed by atoms with Gasteiger partial charge in [0.1, 0.15) is 5.82 Å². The predicted octanol–water partition coefficient (Wildman–Crippen LogP) is 13.0. The summed E-state index contributed by atoms with van der Waals surface area (Å²) >= 11 is 0. The molecule has 2 saturated carbocycles. The van der Waals surface area contributed by atoms with Crippen LogP contribution in [0.2, 0.25) is 0 Å². The Morgan fingerprint density at radius 1 is 0.682 bits per heavy atom. The predicted molar refractivity (Wildman–Crippen MR) is 179 cm³/mol. The molecule has 236 valence electrons. The van der Waals surface area contributed by atoms with E-state index in [1.165, 1.54) is 64.2 Å². The molecular formula is C41H51F3. The van der Waals surface area contributed by atoms with Crippen molar-refractivity contribution in [3.63, 3.8) is 0 Å².